The maximum Gasteiger partial charge on any atom is 0.156 e. The van der Waals surface area contributed by atoms with Crippen molar-refractivity contribution >= 4 is 5.69 Å². The van der Waals surface area contributed by atoms with Gasteiger partial charge in [-0.25, -0.2) is 0 Å². The Balaban J connectivity index is 2.65. The van der Waals surface area contributed by atoms with Crippen molar-refractivity contribution in [1.82, 2.24) is 0 Å². The molecule has 0 bridgehead atoms. The van der Waals surface area contributed by atoms with E-state index in [0.717, 1.165) is 12.1 Å². The molecule has 0 heterocycles. The third-order valence-corrected chi connectivity index (χ3v) is 1.60. The van der Waals surface area contributed by atoms with Crippen molar-refractivity contribution in [3.63, 3.8) is 0 Å². The lowest BCUT2D eigenvalue weighted by Crippen LogP contribution is -1.94. The zero-order chi connectivity index (χ0) is 8.97. The fourth-order valence-corrected chi connectivity index (χ4v) is 1.11. The molecule has 1 nitrogen and oxygen atoms in total. The first kappa shape index (κ1) is 6.71. The highest BCUT2D eigenvalue weighted by atomic mass is 14.5. The minimum atomic E-state index is 0.694. The van der Waals surface area contributed by atoms with E-state index >= 15 is 0 Å². The van der Waals surface area contributed by atoms with Crippen molar-refractivity contribution < 1.29 is 1.41 Å². The molecule has 11 heavy (non-hydrogen) atoms. The molecule has 0 unspecified atom stereocenters. The van der Waals surface area contributed by atoms with E-state index in [-0.39, 0.29) is 0 Å². The van der Waals surface area contributed by atoms with Gasteiger partial charge in [0.15, 0.2) is 1.41 Å². The Bertz CT molecular complexity index is 228. The number of rotatable bonds is 3. The average molecular weight is 151 g/mol. The normalized spacial score (nSPS) is 11.4. The fraction of sp³-hybridized carbons (Fsp3) is 0.400. The van der Waals surface area contributed by atoms with Gasteiger partial charge in [0.1, 0.15) is 0 Å². The van der Waals surface area contributed by atoms with Crippen LogP contribution in [0.5, 0.6) is 0 Å². The third-order valence-electron chi connectivity index (χ3n) is 1.60. The predicted molar refractivity (Wildman–Crippen MR) is 49.4 cm³/mol. The summed E-state index contributed by atoms with van der Waals surface area (Å²) in [5, 5.41) is 0. The summed E-state index contributed by atoms with van der Waals surface area (Å²) in [6, 6.07) is 8.00. The van der Waals surface area contributed by atoms with Crippen LogP contribution < -0.4 is 5.73 Å². The van der Waals surface area contributed by atoms with Gasteiger partial charge in [0, 0.05) is 5.69 Å². The number of anilines is 1. The molecule has 1 rings (SSSR count). The lowest BCUT2D eigenvalue weighted by molar-refractivity contribution is 0.647. The minimum absolute atomic E-state index is 0.694. The molecule has 0 aliphatic carbocycles. The van der Waals surface area contributed by atoms with Gasteiger partial charge in [0.25, 0.3) is 0 Å². The van der Waals surface area contributed by atoms with Gasteiger partial charge in [-0.05, 0) is 30.0 Å². The van der Waals surface area contributed by atoms with E-state index in [1.165, 1.54) is 5.56 Å². The van der Waals surface area contributed by atoms with Gasteiger partial charge in [0.2, 0.25) is 0 Å². The van der Waals surface area contributed by atoms with Gasteiger partial charge in [-0.2, -0.15) is 0 Å². The first-order chi connectivity index (χ1) is 5.72. The van der Waals surface area contributed by atoms with Crippen LogP contribution in [0.3, 0.4) is 0 Å². The molecule has 60 valence electrons. The molecule has 0 amide bonds. The lowest BCUT2D eigenvalue weighted by atomic mass is 10.0. The quantitative estimate of drug-likeness (QED) is 0.660. The second kappa shape index (κ2) is 3.42. The summed E-state index contributed by atoms with van der Waals surface area (Å²) < 4.78 is 6.91. The molecule has 0 aliphatic heterocycles. The van der Waals surface area contributed by atoms with Gasteiger partial charge in [-0.1, -0.05) is 26.0 Å². The molecule has 0 radical (unpaired) electrons. The third kappa shape index (κ3) is 2.62. The van der Waals surface area contributed by atoms with Crippen molar-refractivity contribution in [3.8, 4) is 0 Å². The number of nitrogen functional groups attached to an aromatic ring is 1. The average Bonchev–Trinajstić information content (AvgIpc) is 2.05. The summed E-state index contributed by atoms with van der Waals surface area (Å²) >= 11 is 0. The number of benzene rings is 1. The Morgan fingerprint density at radius 2 is 2.00 bits per heavy atom. The molecule has 0 saturated carbocycles. The maximum atomic E-state index is 6.91. The van der Waals surface area contributed by atoms with Crippen LogP contribution in [0.15, 0.2) is 24.3 Å². The zero-order valence-electron chi connectivity index (χ0n) is 8.09. The van der Waals surface area contributed by atoms with Crippen molar-refractivity contribution in [3.05, 3.63) is 29.8 Å². The van der Waals surface area contributed by atoms with Gasteiger partial charge < -0.3 is 5.73 Å². The standard InChI is InChI=1S/C10H15N/c1-8(2)7-9-3-5-10(11)6-4-9/h3-6,8H,7,11H2,1-2H3/i/hT. The molecule has 0 spiro atoms. The van der Waals surface area contributed by atoms with Crippen LogP contribution in [-0.4, -0.2) is 0 Å². The van der Waals surface area contributed by atoms with E-state index in [2.05, 4.69) is 31.7 Å². The van der Waals surface area contributed by atoms with E-state index in [9.17, 15) is 0 Å². The first-order valence-corrected chi connectivity index (χ1v) is 3.99. The maximum absolute atomic E-state index is 6.91. The van der Waals surface area contributed by atoms with Crippen LogP contribution in [0.2, 0.25) is 1.41 Å². The highest BCUT2D eigenvalue weighted by molar-refractivity contribution is 5.39. The second-order valence-corrected chi connectivity index (χ2v) is 3.29. The Kier molecular flexibility index (Phi) is 2.09. The predicted octanol–water partition coefficient (Wildman–Crippen LogP) is 2.47. The van der Waals surface area contributed by atoms with Crippen molar-refractivity contribution in [1.29, 1.82) is 0 Å². The van der Waals surface area contributed by atoms with Crippen LogP contribution in [0, 0.1) is 5.92 Å². The Labute approximate surface area is 69.7 Å². The summed E-state index contributed by atoms with van der Waals surface area (Å²) in [6.07, 6.45) is 1.11. The summed E-state index contributed by atoms with van der Waals surface area (Å²) in [7, 11) is 0. The SMILES string of the molecule is [3H]Nc1ccc(CC(C)C)cc1. The molecule has 0 atom stereocenters. The summed E-state index contributed by atoms with van der Waals surface area (Å²) in [4.78, 5) is 0. The Morgan fingerprint density at radius 1 is 1.36 bits per heavy atom. The number of hydrogen-bond donors (Lipinski definition) is 1. The molecule has 0 saturated heterocycles. The Hall–Kier alpha value is -0.980. The van der Waals surface area contributed by atoms with Gasteiger partial charge in [0.05, 0.1) is 0 Å². The molecule has 1 aromatic carbocycles. The molecule has 1 aromatic rings. The molecular weight excluding hydrogens is 134 g/mol. The van der Waals surface area contributed by atoms with Crippen LogP contribution in [0.4, 0.5) is 5.69 Å². The van der Waals surface area contributed by atoms with Gasteiger partial charge >= 0.3 is 0 Å². The first-order valence-electron chi connectivity index (χ1n) is 4.49. The summed E-state index contributed by atoms with van der Waals surface area (Å²) in [6.45, 7) is 4.41. The highest BCUT2D eigenvalue weighted by Gasteiger charge is 1.95. The number of hydrogen-bond acceptors (Lipinski definition) is 1. The molecule has 2 N–H and O–H groups in total. The van der Waals surface area contributed by atoms with Crippen LogP contribution in [0.1, 0.15) is 19.4 Å². The monoisotopic (exact) mass is 151 g/mol. The van der Waals surface area contributed by atoms with E-state index < -0.39 is 0 Å². The van der Waals surface area contributed by atoms with Crippen molar-refractivity contribution in [2.24, 2.45) is 5.92 Å². The largest absolute Gasteiger partial charge is 0.399 e. The molecule has 0 fully saturated rings. The molecule has 0 aromatic heterocycles. The minimum Gasteiger partial charge on any atom is -0.399 e. The van der Waals surface area contributed by atoms with E-state index in [1.54, 1.807) is 0 Å². The lowest BCUT2D eigenvalue weighted by Gasteiger charge is -2.03. The van der Waals surface area contributed by atoms with Gasteiger partial charge in [-0.3, -0.25) is 0 Å². The van der Waals surface area contributed by atoms with Crippen molar-refractivity contribution in [2.75, 3.05) is 5.73 Å². The van der Waals surface area contributed by atoms with Gasteiger partial charge in [-0.15, -0.1) is 0 Å². The topological polar surface area (TPSA) is 26.0 Å². The van der Waals surface area contributed by atoms with E-state index in [1.807, 2.05) is 12.1 Å². The van der Waals surface area contributed by atoms with Crippen molar-refractivity contribution in [2.45, 2.75) is 20.3 Å². The molecule has 0 aliphatic rings. The van der Waals surface area contributed by atoms with E-state index in [0.29, 0.717) is 5.92 Å². The van der Waals surface area contributed by atoms with Crippen LogP contribution in [0.25, 0.3) is 0 Å². The second-order valence-electron chi connectivity index (χ2n) is 3.29. The fourth-order valence-electron chi connectivity index (χ4n) is 1.11. The summed E-state index contributed by atoms with van der Waals surface area (Å²) in [5.41, 5.74) is 4.54. The summed E-state index contributed by atoms with van der Waals surface area (Å²) in [5.74, 6) is 0.694. The van der Waals surface area contributed by atoms with Crippen LogP contribution in [-0.2, 0) is 6.42 Å². The zero-order valence-corrected chi connectivity index (χ0v) is 7.09. The van der Waals surface area contributed by atoms with Crippen LogP contribution >= 0.6 is 0 Å². The Morgan fingerprint density at radius 3 is 2.45 bits per heavy atom. The smallest absolute Gasteiger partial charge is 0.156 e. The molecular formula is C10H15N. The highest BCUT2D eigenvalue weighted by Crippen LogP contribution is 2.09. The number of nitrogens with two attached hydrogens (primary N) is 1. The molecule has 1 heteroatoms. The van der Waals surface area contributed by atoms with E-state index in [4.69, 9.17) is 1.41 Å².